The molecule has 0 aromatic heterocycles. The molecule has 1 aliphatic rings. The molecule has 9 nitrogen and oxygen atoms in total. The quantitative estimate of drug-likeness (QED) is 0.137. The van der Waals surface area contributed by atoms with Crippen molar-refractivity contribution in [2.45, 2.75) is 76.4 Å². The lowest BCUT2D eigenvalue weighted by Gasteiger charge is -2.21. The fraction of sp³-hybridized carbons (Fsp3) is 0.429. The van der Waals surface area contributed by atoms with Gasteiger partial charge in [0.15, 0.2) is 6.04 Å². The highest BCUT2D eigenvalue weighted by molar-refractivity contribution is 5.99. The molecule has 0 bridgehead atoms. The maximum atomic E-state index is 13.1. The van der Waals surface area contributed by atoms with E-state index in [2.05, 4.69) is 10.6 Å². The van der Waals surface area contributed by atoms with Gasteiger partial charge in [-0.05, 0) is 62.3 Å². The molecule has 0 heterocycles. The molecule has 3 amide bonds. The van der Waals surface area contributed by atoms with E-state index in [4.69, 9.17) is 9.94 Å². The van der Waals surface area contributed by atoms with Crippen molar-refractivity contribution >= 4 is 29.4 Å². The standard InChI is InChI=1S/C28H35N3O6/c32-24(17-6-1-2-7-18-25(33)31-36)29-22-14-10-13-21(19-22)27(34)30-26(20-11-4-3-5-12-20)28(35)37-23-15-8-9-16-23/h3-5,10-14,19,23,26,36H,1-2,6-9,15-18H2,(H,29,32)(H,30,34)(H,31,33)/t26-/m0/s1. The van der Waals surface area contributed by atoms with Crippen LogP contribution in [-0.2, 0) is 19.1 Å². The molecule has 0 spiro atoms. The maximum absolute atomic E-state index is 13.1. The Bertz CT molecular complexity index is 1050. The van der Waals surface area contributed by atoms with Crippen LogP contribution in [0.5, 0.6) is 0 Å². The highest BCUT2D eigenvalue weighted by Gasteiger charge is 2.28. The summed E-state index contributed by atoms with van der Waals surface area (Å²) < 4.78 is 5.68. The highest BCUT2D eigenvalue weighted by Crippen LogP contribution is 2.24. The monoisotopic (exact) mass is 509 g/mol. The van der Waals surface area contributed by atoms with Crippen LogP contribution in [0.4, 0.5) is 5.69 Å². The van der Waals surface area contributed by atoms with E-state index in [0.29, 0.717) is 36.1 Å². The summed E-state index contributed by atoms with van der Waals surface area (Å²) in [5.74, 6) is -1.51. The van der Waals surface area contributed by atoms with Crippen molar-refractivity contribution in [3.8, 4) is 0 Å². The summed E-state index contributed by atoms with van der Waals surface area (Å²) >= 11 is 0. The Balaban J connectivity index is 1.54. The van der Waals surface area contributed by atoms with Gasteiger partial charge >= 0.3 is 5.97 Å². The number of esters is 1. The lowest BCUT2D eigenvalue weighted by molar-refractivity contribution is -0.151. The zero-order valence-corrected chi connectivity index (χ0v) is 20.9. The first kappa shape index (κ1) is 27.9. The molecule has 0 saturated heterocycles. The van der Waals surface area contributed by atoms with E-state index in [9.17, 15) is 19.2 Å². The maximum Gasteiger partial charge on any atom is 0.333 e. The van der Waals surface area contributed by atoms with Crippen LogP contribution in [0.1, 0.15) is 86.2 Å². The molecule has 2 aromatic rings. The Morgan fingerprint density at radius 3 is 2.22 bits per heavy atom. The van der Waals surface area contributed by atoms with Crippen LogP contribution in [-0.4, -0.2) is 35.0 Å². The predicted octanol–water partition coefficient (Wildman–Crippen LogP) is 4.43. The van der Waals surface area contributed by atoms with E-state index in [0.717, 1.165) is 38.5 Å². The number of hydrogen-bond acceptors (Lipinski definition) is 6. The molecule has 1 fully saturated rings. The van der Waals surface area contributed by atoms with Crippen LogP contribution in [0, 0.1) is 0 Å². The minimum atomic E-state index is -0.934. The van der Waals surface area contributed by atoms with Crippen molar-refractivity contribution in [2.24, 2.45) is 0 Å². The first-order valence-electron chi connectivity index (χ1n) is 12.9. The van der Waals surface area contributed by atoms with Gasteiger partial charge in [0.2, 0.25) is 11.8 Å². The fourth-order valence-corrected chi connectivity index (χ4v) is 4.32. The lowest BCUT2D eigenvalue weighted by Crippen LogP contribution is -2.36. The first-order valence-corrected chi connectivity index (χ1v) is 12.9. The zero-order valence-electron chi connectivity index (χ0n) is 20.9. The third-order valence-electron chi connectivity index (χ3n) is 6.32. The van der Waals surface area contributed by atoms with Gasteiger partial charge in [-0.15, -0.1) is 0 Å². The molecular formula is C28H35N3O6. The van der Waals surface area contributed by atoms with Gasteiger partial charge in [0.1, 0.15) is 6.10 Å². The van der Waals surface area contributed by atoms with E-state index in [1.54, 1.807) is 54.0 Å². The Morgan fingerprint density at radius 2 is 1.54 bits per heavy atom. The number of anilines is 1. The number of rotatable bonds is 13. The largest absolute Gasteiger partial charge is 0.461 e. The summed E-state index contributed by atoms with van der Waals surface area (Å²) in [6.07, 6.45) is 7.05. The molecule has 0 aliphatic heterocycles. The minimum Gasteiger partial charge on any atom is -0.461 e. The van der Waals surface area contributed by atoms with Crippen molar-refractivity contribution in [2.75, 3.05) is 5.32 Å². The topological polar surface area (TPSA) is 134 Å². The van der Waals surface area contributed by atoms with Crippen LogP contribution in [0.2, 0.25) is 0 Å². The van der Waals surface area contributed by atoms with Crippen LogP contribution in [0.25, 0.3) is 0 Å². The molecule has 1 aliphatic carbocycles. The van der Waals surface area contributed by atoms with Gasteiger partial charge in [-0.1, -0.05) is 49.2 Å². The number of nitrogens with one attached hydrogen (secondary N) is 3. The normalized spacial score (nSPS) is 14.0. The second-order valence-electron chi connectivity index (χ2n) is 9.24. The van der Waals surface area contributed by atoms with Gasteiger partial charge in [-0.2, -0.15) is 0 Å². The van der Waals surface area contributed by atoms with Gasteiger partial charge < -0.3 is 15.4 Å². The summed E-state index contributed by atoms with van der Waals surface area (Å²) in [4.78, 5) is 49.4. The smallest absolute Gasteiger partial charge is 0.333 e. The number of carbonyl (C=O) groups is 4. The number of unbranched alkanes of at least 4 members (excludes halogenated alkanes) is 3. The zero-order chi connectivity index (χ0) is 26.5. The molecule has 37 heavy (non-hydrogen) atoms. The molecule has 2 aromatic carbocycles. The summed E-state index contributed by atoms with van der Waals surface area (Å²) in [5, 5.41) is 14.1. The number of hydrogen-bond donors (Lipinski definition) is 4. The molecule has 0 unspecified atom stereocenters. The van der Waals surface area contributed by atoms with E-state index in [-0.39, 0.29) is 18.4 Å². The van der Waals surface area contributed by atoms with Crippen LogP contribution in [0.15, 0.2) is 54.6 Å². The Morgan fingerprint density at radius 1 is 0.865 bits per heavy atom. The number of carbonyl (C=O) groups excluding carboxylic acids is 4. The van der Waals surface area contributed by atoms with Gasteiger partial charge in [0.05, 0.1) is 0 Å². The second-order valence-corrected chi connectivity index (χ2v) is 9.24. The SMILES string of the molecule is O=C(CCCCCCC(=O)Nc1cccc(C(=O)N[C@H](C(=O)OC2CCCC2)c2ccccc2)c1)NO. The number of benzene rings is 2. The van der Waals surface area contributed by atoms with Crippen LogP contribution in [0.3, 0.4) is 0 Å². The van der Waals surface area contributed by atoms with Crippen molar-refractivity contribution < 1.29 is 29.1 Å². The number of ether oxygens (including phenoxy) is 1. The Labute approximate surface area is 216 Å². The van der Waals surface area contributed by atoms with Gasteiger partial charge in [-0.25, -0.2) is 10.3 Å². The average molecular weight is 510 g/mol. The summed E-state index contributed by atoms with van der Waals surface area (Å²) in [6.45, 7) is 0. The van der Waals surface area contributed by atoms with E-state index >= 15 is 0 Å². The first-order chi connectivity index (χ1) is 18.0. The number of amides is 3. The third kappa shape index (κ3) is 9.34. The van der Waals surface area contributed by atoms with Gasteiger partial charge in [-0.3, -0.25) is 19.6 Å². The fourth-order valence-electron chi connectivity index (χ4n) is 4.32. The lowest BCUT2D eigenvalue weighted by atomic mass is 10.1. The van der Waals surface area contributed by atoms with Crippen LogP contribution < -0.4 is 16.1 Å². The number of hydroxylamine groups is 1. The highest BCUT2D eigenvalue weighted by atomic mass is 16.5. The van der Waals surface area contributed by atoms with E-state index < -0.39 is 23.8 Å². The van der Waals surface area contributed by atoms with E-state index in [1.165, 1.54) is 0 Å². The summed E-state index contributed by atoms with van der Waals surface area (Å²) in [6, 6.07) is 14.6. The molecule has 0 radical (unpaired) electrons. The van der Waals surface area contributed by atoms with Crippen molar-refractivity contribution in [3.63, 3.8) is 0 Å². The third-order valence-corrected chi connectivity index (χ3v) is 6.32. The minimum absolute atomic E-state index is 0.116. The summed E-state index contributed by atoms with van der Waals surface area (Å²) in [7, 11) is 0. The second kappa shape index (κ2) is 14.7. The van der Waals surface area contributed by atoms with Gasteiger partial charge in [0.25, 0.3) is 5.91 Å². The molecule has 1 saturated carbocycles. The molecular weight excluding hydrogens is 474 g/mol. The van der Waals surface area contributed by atoms with Crippen molar-refractivity contribution in [3.05, 3.63) is 65.7 Å². The Kier molecular flexibility index (Phi) is 11.1. The van der Waals surface area contributed by atoms with Crippen LogP contribution >= 0.6 is 0 Å². The molecule has 3 rings (SSSR count). The van der Waals surface area contributed by atoms with Crippen molar-refractivity contribution in [1.29, 1.82) is 0 Å². The van der Waals surface area contributed by atoms with E-state index in [1.807, 2.05) is 6.07 Å². The molecule has 9 heteroatoms. The molecule has 4 N–H and O–H groups in total. The summed E-state index contributed by atoms with van der Waals surface area (Å²) in [5.41, 5.74) is 3.04. The predicted molar refractivity (Wildman–Crippen MR) is 138 cm³/mol. The Hall–Kier alpha value is -3.72. The molecule has 198 valence electrons. The van der Waals surface area contributed by atoms with Gasteiger partial charge in [0, 0.05) is 24.1 Å². The molecule has 1 atom stereocenters. The van der Waals surface area contributed by atoms with Crippen molar-refractivity contribution in [1.82, 2.24) is 10.8 Å². The average Bonchev–Trinajstić information content (AvgIpc) is 3.42.